The van der Waals surface area contributed by atoms with Gasteiger partial charge in [-0.3, -0.25) is 4.79 Å². The minimum absolute atomic E-state index is 0.0726. The number of nitrogens with one attached hydrogen (secondary N) is 2. The number of phenolic OH excluding ortho intramolecular Hbond substituents is 2. The minimum Gasteiger partial charge on any atom is -0.507 e. The van der Waals surface area contributed by atoms with E-state index in [9.17, 15) is 15.0 Å². The fraction of sp³-hybridized carbons (Fsp3) is 0.0667. The van der Waals surface area contributed by atoms with Crippen molar-refractivity contribution in [2.45, 2.75) is 0 Å². The molecule has 0 saturated carbocycles. The highest BCUT2D eigenvalue weighted by atomic mass is 127. The molecule has 0 saturated heterocycles. The number of amides is 1. The molecule has 0 fully saturated rings. The zero-order valence-corrected chi connectivity index (χ0v) is 15.5. The van der Waals surface area contributed by atoms with Crippen LogP contribution in [0.5, 0.6) is 11.5 Å². The molecule has 0 radical (unpaired) electrons. The maximum absolute atomic E-state index is 11.7. The Morgan fingerprint density at radius 2 is 1.91 bits per heavy atom. The van der Waals surface area contributed by atoms with Gasteiger partial charge in [0.05, 0.1) is 17.2 Å². The van der Waals surface area contributed by atoms with Crippen LogP contribution in [0.3, 0.4) is 0 Å². The Morgan fingerprint density at radius 1 is 1.22 bits per heavy atom. The number of carbonyl (C=O) groups is 1. The van der Waals surface area contributed by atoms with Crippen LogP contribution in [-0.2, 0) is 4.79 Å². The Bertz CT molecular complexity index is 735. The number of phenols is 2. The lowest BCUT2D eigenvalue weighted by molar-refractivity contribution is -0.119. The molecular formula is C15H13BrIN3O3. The Hall–Kier alpha value is -1.81. The second-order valence-corrected chi connectivity index (χ2v) is 6.62. The van der Waals surface area contributed by atoms with Crippen LogP contribution in [0.25, 0.3) is 0 Å². The third-order valence-electron chi connectivity index (χ3n) is 2.79. The van der Waals surface area contributed by atoms with E-state index in [1.165, 1.54) is 18.3 Å². The lowest BCUT2D eigenvalue weighted by Gasteiger charge is -2.05. The first-order valence-corrected chi connectivity index (χ1v) is 8.35. The zero-order valence-electron chi connectivity index (χ0n) is 11.8. The average Bonchev–Trinajstić information content (AvgIpc) is 2.52. The van der Waals surface area contributed by atoms with E-state index in [1.54, 1.807) is 0 Å². The lowest BCUT2D eigenvalue weighted by Crippen LogP contribution is -2.25. The van der Waals surface area contributed by atoms with E-state index in [-0.39, 0.29) is 24.0 Å². The van der Waals surface area contributed by atoms with E-state index in [2.05, 4.69) is 54.4 Å². The fourth-order valence-corrected chi connectivity index (χ4v) is 2.35. The van der Waals surface area contributed by atoms with Gasteiger partial charge in [-0.05, 0) is 68.9 Å². The number of hydrazone groups is 1. The first-order chi connectivity index (χ1) is 11.0. The van der Waals surface area contributed by atoms with Crippen LogP contribution >= 0.6 is 38.5 Å². The predicted octanol–water partition coefficient (Wildman–Crippen LogP) is 3.03. The molecule has 2 rings (SSSR count). The van der Waals surface area contributed by atoms with E-state index >= 15 is 0 Å². The van der Waals surface area contributed by atoms with Crippen molar-refractivity contribution in [3.05, 3.63) is 50.0 Å². The third-order valence-corrected chi connectivity index (χ3v) is 4.14. The standard InChI is InChI=1S/C15H13BrIN3O3/c16-12-5-9(13(21)6-14(12)22)7-19-20-15(23)8-18-11-3-1-10(17)2-4-11/h1-7,18,21-22H,8H2,(H,20,23). The van der Waals surface area contributed by atoms with Gasteiger partial charge in [-0.1, -0.05) is 0 Å². The van der Waals surface area contributed by atoms with Gasteiger partial charge in [0.2, 0.25) is 0 Å². The lowest BCUT2D eigenvalue weighted by atomic mass is 10.2. The molecule has 0 aromatic heterocycles. The molecule has 6 nitrogen and oxygen atoms in total. The van der Waals surface area contributed by atoms with Crippen LogP contribution in [0.15, 0.2) is 46.0 Å². The van der Waals surface area contributed by atoms with Crippen LogP contribution in [0.1, 0.15) is 5.56 Å². The molecular weight excluding hydrogens is 477 g/mol. The van der Waals surface area contributed by atoms with Crippen molar-refractivity contribution in [3.63, 3.8) is 0 Å². The van der Waals surface area contributed by atoms with Crippen molar-refractivity contribution < 1.29 is 15.0 Å². The molecule has 2 aromatic rings. The van der Waals surface area contributed by atoms with Crippen molar-refractivity contribution >= 4 is 56.3 Å². The maximum Gasteiger partial charge on any atom is 0.259 e. The molecule has 0 heterocycles. The van der Waals surface area contributed by atoms with E-state index in [0.717, 1.165) is 9.26 Å². The molecule has 0 spiro atoms. The summed E-state index contributed by atoms with van der Waals surface area (Å²) in [5.74, 6) is -0.539. The summed E-state index contributed by atoms with van der Waals surface area (Å²) in [6, 6.07) is 10.3. The summed E-state index contributed by atoms with van der Waals surface area (Å²) in [4.78, 5) is 11.7. The summed E-state index contributed by atoms with van der Waals surface area (Å²) in [6.07, 6.45) is 1.29. The average molecular weight is 490 g/mol. The summed E-state index contributed by atoms with van der Waals surface area (Å²) in [5.41, 5.74) is 3.55. The third kappa shape index (κ3) is 5.39. The van der Waals surface area contributed by atoms with Crippen LogP contribution in [0, 0.1) is 3.57 Å². The zero-order chi connectivity index (χ0) is 16.8. The van der Waals surface area contributed by atoms with Gasteiger partial charge in [0.1, 0.15) is 11.5 Å². The summed E-state index contributed by atoms with van der Waals surface area (Å²) < 4.78 is 1.53. The quantitative estimate of drug-likeness (QED) is 0.295. The van der Waals surface area contributed by atoms with Gasteiger partial charge >= 0.3 is 0 Å². The fourth-order valence-electron chi connectivity index (χ4n) is 1.63. The first kappa shape index (κ1) is 17.5. The SMILES string of the molecule is O=C(CNc1ccc(I)cc1)NN=Cc1cc(Br)c(O)cc1O. The van der Waals surface area contributed by atoms with Crippen LogP contribution in [0.4, 0.5) is 5.69 Å². The van der Waals surface area contributed by atoms with Crippen molar-refractivity contribution in [3.8, 4) is 11.5 Å². The monoisotopic (exact) mass is 489 g/mol. The van der Waals surface area contributed by atoms with Crippen molar-refractivity contribution in [1.82, 2.24) is 5.43 Å². The van der Waals surface area contributed by atoms with Gasteiger partial charge in [0, 0.05) is 20.9 Å². The molecule has 8 heteroatoms. The molecule has 23 heavy (non-hydrogen) atoms. The number of hydrogen-bond acceptors (Lipinski definition) is 5. The first-order valence-electron chi connectivity index (χ1n) is 6.48. The topological polar surface area (TPSA) is 94.0 Å². The highest BCUT2D eigenvalue weighted by molar-refractivity contribution is 14.1. The van der Waals surface area contributed by atoms with E-state index in [4.69, 9.17) is 0 Å². The number of benzene rings is 2. The molecule has 120 valence electrons. The maximum atomic E-state index is 11.7. The van der Waals surface area contributed by atoms with Crippen LogP contribution < -0.4 is 10.7 Å². The van der Waals surface area contributed by atoms with E-state index < -0.39 is 0 Å². The summed E-state index contributed by atoms with van der Waals surface area (Å²) >= 11 is 5.34. The molecule has 0 aliphatic heterocycles. The van der Waals surface area contributed by atoms with Gasteiger partial charge in [-0.25, -0.2) is 5.43 Å². The Balaban J connectivity index is 1.86. The number of nitrogens with zero attached hydrogens (tertiary/aromatic N) is 1. The molecule has 2 aromatic carbocycles. The Kier molecular flexibility index (Phi) is 6.22. The normalized spacial score (nSPS) is 10.7. The van der Waals surface area contributed by atoms with Crippen LogP contribution in [-0.4, -0.2) is 28.9 Å². The molecule has 4 N–H and O–H groups in total. The Morgan fingerprint density at radius 3 is 2.61 bits per heavy atom. The summed E-state index contributed by atoms with van der Waals surface area (Å²) in [7, 11) is 0. The molecule has 0 bridgehead atoms. The highest BCUT2D eigenvalue weighted by Crippen LogP contribution is 2.30. The van der Waals surface area contributed by atoms with Gasteiger partial charge in [0.25, 0.3) is 5.91 Å². The molecule has 0 atom stereocenters. The van der Waals surface area contributed by atoms with E-state index in [0.29, 0.717) is 10.0 Å². The van der Waals surface area contributed by atoms with Crippen molar-refractivity contribution in [2.75, 3.05) is 11.9 Å². The smallest absolute Gasteiger partial charge is 0.259 e. The summed E-state index contributed by atoms with van der Waals surface area (Å²) in [6.45, 7) is 0.0726. The predicted molar refractivity (Wildman–Crippen MR) is 101 cm³/mol. The van der Waals surface area contributed by atoms with Gasteiger partial charge < -0.3 is 15.5 Å². The second kappa shape index (κ2) is 8.16. The summed E-state index contributed by atoms with van der Waals surface area (Å²) in [5, 5.41) is 25.8. The number of anilines is 1. The van der Waals surface area contributed by atoms with Crippen molar-refractivity contribution in [1.29, 1.82) is 0 Å². The van der Waals surface area contributed by atoms with E-state index in [1.807, 2.05) is 24.3 Å². The van der Waals surface area contributed by atoms with Crippen molar-refractivity contribution in [2.24, 2.45) is 5.10 Å². The number of rotatable bonds is 5. The largest absolute Gasteiger partial charge is 0.507 e. The van der Waals surface area contributed by atoms with Gasteiger partial charge in [-0.15, -0.1) is 0 Å². The molecule has 0 unspecified atom stereocenters. The van der Waals surface area contributed by atoms with Crippen LogP contribution in [0.2, 0.25) is 0 Å². The number of halogens is 2. The number of aromatic hydroxyl groups is 2. The molecule has 0 aliphatic carbocycles. The number of hydrogen-bond donors (Lipinski definition) is 4. The van der Waals surface area contributed by atoms with Gasteiger partial charge in [0.15, 0.2) is 0 Å². The molecule has 1 amide bonds. The second-order valence-electron chi connectivity index (χ2n) is 4.52. The number of carbonyl (C=O) groups excluding carboxylic acids is 1. The van der Waals surface area contributed by atoms with Gasteiger partial charge in [-0.2, -0.15) is 5.10 Å². The minimum atomic E-state index is -0.322. The highest BCUT2D eigenvalue weighted by Gasteiger charge is 2.05. The molecule has 0 aliphatic rings. The Labute approximate surface area is 154 Å².